The van der Waals surface area contributed by atoms with Crippen LogP contribution in [0, 0.1) is 0 Å². The summed E-state index contributed by atoms with van der Waals surface area (Å²) in [7, 11) is 0. The van der Waals surface area contributed by atoms with Gasteiger partial charge in [-0.05, 0) is 48.4 Å². The quantitative estimate of drug-likeness (QED) is 0.385. The first-order valence-corrected chi connectivity index (χ1v) is 10.0. The molecule has 30 heavy (non-hydrogen) atoms. The number of anilines is 1. The molecule has 3 aromatic heterocycles. The predicted octanol–water partition coefficient (Wildman–Crippen LogP) is 4.77. The maximum absolute atomic E-state index is 13.1. The lowest BCUT2D eigenvalue weighted by atomic mass is 10.1. The summed E-state index contributed by atoms with van der Waals surface area (Å²) in [6.07, 6.45) is 4.37. The molecule has 2 aromatic carbocycles. The molecule has 0 unspecified atom stereocenters. The molecule has 3 heterocycles. The molecule has 0 spiro atoms. The van der Waals surface area contributed by atoms with Gasteiger partial charge < -0.3 is 15.3 Å². The lowest BCUT2D eigenvalue weighted by Gasteiger charge is -2.14. The fraction of sp³-hybridized carbons (Fsp3) is 0.0870. The van der Waals surface area contributed by atoms with Crippen LogP contribution in [0.5, 0.6) is 0 Å². The Kier molecular flexibility index (Phi) is 4.69. The molecule has 0 aliphatic carbocycles. The van der Waals surface area contributed by atoms with Crippen LogP contribution in [0.3, 0.4) is 0 Å². The highest BCUT2D eigenvalue weighted by atomic mass is 35.5. The molecule has 6 nitrogen and oxygen atoms in total. The SMILES string of the molecule is O=c1[nH]c2cc(Cl)ccc2c(NCCc2cccnc2)c1-c1nc2ccccc2[nH]1. The number of halogens is 1. The van der Waals surface area contributed by atoms with Gasteiger partial charge in [-0.15, -0.1) is 0 Å². The first kappa shape index (κ1) is 18.4. The molecule has 0 aliphatic rings. The number of imidazole rings is 1. The summed E-state index contributed by atoms with van der Waals surface area (Å²) >= 11 is 6.15. The Hall–Kier alpha value is -3.64. The number of nitrogens with one attached hydrogen (secondary N) is 3. The minimum atomic E-state index is -0.229. The Morgan fingerprint density at radius 1 is 1.00 bits per heavy atom. The average molecular weight is 416 g/mol. The minimum absolute atomic E-state index is 0.229. The van der Waals surface area contributed by atoms with Crippen molar-refractivity contribution < 1.29 is 0 Å². The third-order valence-electron chi connectivity index (χ3n) is 5.04. The number of hydrogen-bond donors (Lipinski definition) is 3. The Labute approximate surface area is 177 Å². The molecule has 0 amide bonds. The fourth-order valence-corrected chi connectivity index (χ4v) is 3.80. The standard InChI is InChI=1S/C23H18ClN5O/c24-15-7-8-16-19(12-15)29-23(30)20(22-27-17-5-1-2-6-18(17)28-22)21(16)26-11-9-14-4-3-10-25-13-14/h1-8,10,12-13H,9,11H2,(H,27,28)(H2,26,29,30). The van der Waals surface area contributed by atoms with E-state index in [4.69, 9.17) is 11.6 Å². The molecule has 3 N–H and O–H groups in total. The van der Waals surface area contributed by atoms with E-state index in [0.717, 1.165) is 34.1 Å². The van der Waals surface area contributed by atoms with Gasteiger partial charge in [0.1, 0.15) is 11.4 Å². The molecule has 5 aromatic rings. The number of rotatable bonds is 5. The van der Waals surface area contributed by atoms with E-state index in [-0.39, 0.29) is 5.56 Å². The molecule has 0 saturated heterocycles. The summed E-state index contributed by atoms with van der Waals surface area (Å²) in [5, 5.41) is 4.90. The topological polar surface area (TPSA) is 86.5 Å². The molecular weight excluding hydrogens is 398 g/mol. The van der Waals surface area contributed by atoms with Crippen molar-refractivity contribution in [2.24, 2.45) is 0 Å². The van der Waals surface area contributed by atoms with Crippen molar-refractivity contribution in [1.29, 1.82) is 0 Å². The van der Waals surface area contributed by atoms with E-state index in [2.05, 4.69) is 25.3 Å². The lowest BCUT2D eigenvalue weighted by molar-refractivity contribution is 1.01. The number of hydrogen-bond acceptors (Lipinski definition) is 4. The summed E-state index contributed by atoms with van der Waals surface area (Å²) in [5.74, 6) is 0.526. The van der Waals surface area contributed by atoms with Crippen LogP contribution in [0.2, 0.25) is 5.02 Å². The van der Waals surface area contributed by atoms with Crippen LogP contribution in [0.15, 0.2) is 71.8 Å². The third kappa shape index (κ3) is 3.42. The zero-order chi connectivity index (χ0) is 20.5. The van der Waals surface area contributed by atoms with E-state index in [1.54, 1.807) is 12.3 Å². The van der Waals surface area contributed by atoms with Crippen LogP contribution < -0.4 is 10.9 Å². The van der Waals surface area contributed by atoms with Crippen molar-refractivity contribution in [3.8, 4) is 11.4 Å². The van der Waals surface area contributed by atoms with Gasteiger partial charge in [-0.3, -0.25) is 9.78 Å². The van der Waals surface area contributed by atoms with Crippen LogP contribution in [0.4, 0.5) is 5.69 Å². The first-order valence-electron chi connectivity index (χ1n) is 9.62. The highest BCUT2D eigenvalue weighted by molar-refractivity contribution is 6.31. The zero-order valence-corrected chi connectivity index (χ0v) is 16.7. The van der Waals surface area contributed by atoms with Crippen molar-refractivity contribution in [2.75, 3.05) is 11.9 Å². The Bertz CT molecular complexity index is 1380. The van der Waals surface area contributed by atoms with Gasteiger partial charge in [0.2, 0.25) is 0 Å². The third-order valence-corrected chi connectivity index (χ3v) is 5.28. The molecule has 5 rings (SSSR count). The summed E-state index contributed by atoms with van der Waals surface area (Å²) < 4.78 is 0. The highest BCUT2D eigenvalue weighted by Crippen LogP contribution is 2.32. The van der Waals surface area contributed by atoms with Crippen molar-refractivity contribution in [1.82, 2.24) is 19.9 Å². The lowest BCUT2D eigenvalue weighted by Crippen LogP contribution is -2.16. The molecule has 0 bridgehead atoms. The van der Waals surface area contributed by atoms with Crippen LogP contribution in [0.25, 0.3) is 33.3 Å². The summed E-state index contributed by atoms with van der Waals surface area (Å²) in [4.78, 5) is 28.1. The Morgan fingerprint density at radius 2 is 1.90 bits per heavy atom. The van der Waals surface area contributed by atoms with Crippen molar-refractivity contribution in [2.45, 2.75) is 6.42 Å². The van der Waals surface area contributed by atoms with Gasteiger partial charge in [-0.2, -0.15) is 0 Å². The molecule has 0 aliphatic heterocycles. The monoisotopic (exact) mass is 415 g/mol. The molecule has 0 saturated carbocycles. The molecular formula is C23H18ClN5O. The molecule has 7 heteroatoms. The molecule has 0 atom stereocenters. The second-order valence-electron chi connectivity index (χ2n) is 7.03. The molecule has 0 fully saturated rings. The number of aromatic amines is 2. The van der Waals surface area contributed by atoms with Gasteiger partial charge in [0.25, 0.3) is 5.56 Å². The van der Waals surface area contributed by atoms with Gasteiger partial charge in [-0.25, -0.2) is 4.98 Å². The van der Waals surface area contributed by atoms with Gasteiger partial charge >= 0.3 is 0 Å². The van der Waals surface area contributed by atoms with Crippen molar-refractivity contribution in [3.63, 3.8) is 0 Å². The van der Waals surface area contributed by atoms with Gasteiger partial charge in [-0.1, -0.05) is 29.8 Å². The highest BCUT2D eigenvalue weighted by Gasteiger charge is 2.18. The average Bonchev–Trinajstić information content (AvgIpc) is 3.17. The Morgan fingerprint density at radius 3 is 2.73 bits per heavy atom. The van der Waals surface area contributed by atoms with E-state index in [1.807, 2.05) is 54.7 Å². The number of H-pyrrole nitrogens is 2. The van der Waals surface area contributed by atoms with Crippen molar-refractivity contribution >= 4 is 39.2 Å². The second-order valence-corrected chi connectivity index (χ2v) is 7.47. The van der Waals surface area contributed by atoms with Crippen LogP contribution in [-0.2, 0) is 6.42 Å². The van der Waals surface area contributed by atoms with E-state index in [1.165, 1.54) is 0 Å². The van der Waals surface area contributed by atoms with Crippen LogP contribution in [-0.4, -0.2) is 26.5 Å². The molecule has 148 valence electrons. The smallest absolute Gasteiger partial charge is 0.261 e. The number of pyridine rings is 2. The minimum Gasteiger partial charge on any atom is -0.383 e. The van der Waals surface area contributed by atoms with Crippen LogP contribution >= 0.6 is 11.6 Å². The normalized spacial score (nSPS) is 11.2. The second kappa shape index (κ2) is 7.65. The van der Waals surface area contributed by atoms with E-state index >= 15 is 0 Å². The first-order chi connectivity index (χ1) is 14.7. The number of aromatic nitrogens is 4. The van der Waals surface area contributed by atoms with E-state index in [9.17, 15) is 4.79 Å². The molecule has 0 radical (unpaired) electrons. The van der Waals surface area contributed by atoms with Crippen LogP contribution in [0.1, 0.15) is 5.56 Å². The predicted molar refractivity (Wildman–Crippen MR) is 121 cm³/mol. The number of para-hydroxylation sites is 2. The zero-order valence-electron chi connectivity index (χ0n) is 15.9. The van der Waals surface area contributed by atoms with E-state index in [0.29, 0.717) is 28.5 Å². The summed E-state index contributed by atoms with van der Waals surface area (Å²) in [5.41, 5.74) is 4.46. The largest absolute Gasteiger partial charge is 0.383 e. The Balaban J connectivity index is 1.63. The maximum Gasteiger partial charge on any atom is 0.261 e. The van der Waals surface area contributed by atoms with Crippen molar-refractivity contribution in [3.05, 3.63) is 87.9 Å². The van der Waals surface area contributed by atoms with Gasteiger partial charge in [0.15, 0.2) is 0 Å². The number of benzene rings is 2. The van der Waals surface area contributed by atoms with Gasteiger partial charge in [0.05, 0.1) is 22.2 Å². The number of fused-ring (bicyclic) bond motifs is 2. The summed E-state index contributed by atoms with van der Waals surface area (Å²) in [6, 6.07) is 17.1. The van der Waals surface area contributed by atoms with E-state index < -0.39 is 0 Å². The van der Waals surface area contributed by atoms with Gasteiger partial charge in [0, 0.05) is 29.3 Å². The maximum atomic E-state index is 13.1. The number of nitrogens with zero attached hydrogens (tertiary/aromatic N) is 2. The summed E-state index contributed by atoms with van der Waals surface area (Å²) in [6.45, 7) is 0.639. The fourth-order valence-electron chi connectivity index (χ4n) is 3.63.